The number of methoxy groups -OCH3 is 1. The van der Waals surface area contributed by atoms with Crippen molar-refractivity contribution < 1.29 is 23.7 Å². The van der Waals surface area contributed by atoms with Crippen LogP contribution in [0.5, 0.6) is 0 Å². The molecule has 1 aliphatic heterocycles. The predicted octanol–water partition coefficient (Wildman–Crippen LogP) is 5.29. The summed E-state index contributed by atoms with van der Waals surface area (Å²) >= 11 is 5.93. The number of hydrogen-bond acceptors (Lipinski definition) is 7. The highest BCUT2D eigenvalue weighted by Gasteiger charge is 2.44. The van der Waals surface area contributed by atoms with Gasteiger partial charge in [-0.3, -0.25) is 14.9 Å². The highest BCUT2D eigenvalue weighted by molar-refractivity contribution is 6.30. The van der Waals surface area contributed by atoms with Gasteiger partial charge in [0.2, 0.25) is 0 Å². The summed E-state index contributed by atoms with van der Waals surface area (Å²) in [5.41, 5.74) is 1.88. The maximum absolute atomic E-state index is 13.2. The zero-order valence-electron chi connectivity index (χ0n) is 18.7. The van der Waals surface area contributed by atoms with Gasteiger partial charge in [0.05, 0.1) is 29.1 Å². The quantitative estimate of drug-likeness (QED) is 0.367. The summed E-state index contributed by atoms with van der Waals surface area (Å²) in [6, 6.07) is 7.52. The van der Waals surface area contributed by atoms with Gasteiger partial charge in [-0.25, -0.2) is 4.79 Å². The molecule has 0 amide bonds. The number of nitrogens with zero attached hydrogens (tertiary/aromatic N) is 1. The van der Waals surface area contributed by atoms with Crippen molar-refractivity contribution in [3.63, 3.8) is 0 Å². The highest BCUT2D eigenvalue weighted by Crippen LogP contribution is 2.48. The maximum atomic E-state index is 13.2. The Kier molecular flexibility index (Phi) is 5.66. The molecule has 1 aliphatic carbocycles. The zero-order valence-corrected chi connectivity index (χ0v) is 19.4. The van der Waals surface area contributed by atoms with E-state index in [0.717, 1.165) is 5.70 Å². The first-order chi connectivity index (χ1) is 15.5. The van der Waals surface area contributed by atoms with Crippen LogP contribution in [-0.2, 0) is 14.3 Å². The van der Waals surface area contributed by atoms with Gasteiger partial charge in [-0.05, 0) is 43.0 Å². The van der Waals surface area contributed by atoms with E-state index in [2.05, 4.69) is 5.32 Å². The lowest BCUT2D eigenvalue weighted by Gasteiger charge is -2.38. The number of rotatable bonds is 4. The van der Waals surface area contributed by atoms with Crippen molar-refractivity contribution in [2.45, 2.75) is 39.5 Å². The van der Waals surface area contributed by atoms with Gasteiger partial charge in [-0.2, -0.15) is 0 Å². The van der Waals surface area contributed by atoms with E-state index >= 15 is 0 Å². The largest absolute Gasteiger partial charge is 0.466 e. The van der Waals surface area contributed by atoms with Crippen LogP contribution in [0, 0.1) is 15.5 Å². The molecule has 1 aromatic carbocycles. The summed E-state index contributed by atoms with van der Waals surface area (Å²) in [4.78, 5) is 37.0. The van der Waals surface area contributed by atoms with Crippen molar-refractivity contribution in [3.8, 4) is 11.3 Å². The molecule has 1 atom stereocenters. The molecule has 0 spiro atoms. The van der Waals surface area contributed by atoms with E-state index in [0.29, 0.717) is 29.9 Å². The van der Waals surface area contributed by atoms with Crippen LogP contribution in [0.25, 0.3) is 11.3 Å². The van der Waals surface area contributed by atoms with Crippen molar-refractivity contribution in [2.75, 3.05) is 7.11 Å². The van der Waals surface area contributed by atoms with Gasteiger partial charge in [0.15, 0.2) is 5.78 Å². The number of nitrogens with one attached hydrogen (secondary N) is 1. The number of ether oxygens (including phenoxy) is 1. The monoisotopic (exact) mass is 470 g/mol. The Labute approximate surface area is 195 Å². The molecular formula is C24H23ClN2O6. The molecule has 2 heterocycles. The first-order valence-electron chi connectivity index (χ1n) is 10.4. The standard InChI is InChI=1S/C24H23ClN2O6/c1-12-20(23(29)32-4)22(21-15(26-12)10-24(2,3)11-17(21)28)19-8-7-18(33-19)14-6-5-13(25)9-16(14)27(30)31/h5-9,22,26H,10-11H2,1-4H3. The van der Waals surface area contributed by atoms with Crippen LogP contribution in [0.3, 0.4) is 0 Å². The van der Waals surface area contributed by atoms with Crippen molar-refractivity contribution in [2.24, 2.45) is 5.41 Å². The zero-order chi connectivity index (χ0) is 24.1. The number of carbonyl (C=O) groups is 2. The number of esters is 1. The number of ketones is 1. The number of benzene rings is 1. The van der Waals surface area contributed by atoms with Gasteiger partial charge in [0, 0.05) is 34.5 Å². The number of dihydropyridines is 1. The molecular weight excluding hydrogens is 448 g/mol. The van der Waals surface area contributed by atoms with E-state index in [1.165, 1.54) is 25.3 Å². The average Bonchev–Trinajstić information content (AvgIpc) is 3.20. The first-order valence-corrected chi connectivity index (χ1v) is 10.8. The summed E-state index contributed by atoms with van der Waals surface area (Å²) in [6.07, 6.45) is 0.959. The SMILES string of the molecule is COC(=O)C1=C(C)NC2=C(C(=O)CC(C)(C)C2)C1c1ccc(-c2ccc(Cl)cc2[N+](=O)[O-])o1. The Hall–Kier alpha value is -3.39. The van der Waals surface area contributed by atoms with Crippen LogP contribution >= 0.6 is 11.6 Å². The molecule has 0 saturated heterocycles. The number of nitro groups is 1. The second-order valence-corrected chi connectivity index (χ2v) is 9.48. The van der Waals surface area contributed by atoms with E-state index in [-0.39, 0.29) is 38.8 Å². The van der Waals surface area contributed by atoms with Crippen LogP contribution in [0.4, 0.5) is 5.69 Å². The van der Waals surface area contributed by atoms with Crippen LogP contribution in [0.15, 0.2) is 57.3 Å². The third-order valence-corrected chi connectivity index (χ3v) is 6.21. The molecule has 4 rings (SSSR count). The topological polar surface area (TPSA) is 112 Å². The second kappa shape index (κ2) is 8.19. The number of hydrogen-bond donors (Lipinski definition) is 1. The van der Waals surface area contributed by atoms with Gasteiger partial charge in [-0.15, -0.1) is 0 Å². The van der Waals surface area contributed by atoms with E-state index in [9.17, 15) is 19.7 Å². The molecule has 0 bridgehead atoms. The van der Waals surface area contributed by atoms with E-state index in [1.54, 1.807) is 19.1 Å². The van der Waals surface area contributed by atoms with E-state index in [4.69, 9.17) is 20.8 Å². The lowest BCUT2D eigenvalue weighted by molar-refractivity contribution is -0.384. The first kappa shape index (κ1) is 22.8. The summed E-state index contributed by atoms with van der Waals surface area (Å²) in [7, 11) is 1.28. The fraction of sp³-hybridized carbons (Fsp3) is 0.333. The molecule has 33 heavy (non-hydrogen) atoms. The van der Waals surface area contributed by atoms with E-state index < -0.39 is 16.8 Å². The number of furan rings is 1. The fourth-order valence-corrected chi connectivity index (χ4v) is 4.78. The molecule has 0 saturated carbocycles. The normalized spacial score (nSPS) is 19.8. The third kappa shape index (κ3) is 4.06. The number of allylic oxidation sites excluding steroid dienone is 3. The summed E-state index contributed by atoms with van der Waals surface area (Å²) in [6.45, 7) is 5.79. The number of Topliss-reactive ketones (excluding diaryl/α,β-unsaturated/α-hetero) is 1. The molecule has 8 nitrogen and oxygen atoms in total. The van der Waals surface area contributed by atoms with Crippen LogP contribution < -0.4 is 5.32 Å². The molecule has 1 N–H and O–H groups in total. The summed E-state index contributed by atoms with van der Waals surface area (Å²) < 4.78 is 11.1. The average molecular weight is 471 g/mol. The number of nitro benzene ring substituents is 1. The number of halogens is 1. The maximum Gasteiger partial charge on any atom is 0.336 e. The lowest BCUT2D eigenvalue weighted by atomic mass is 9.69. The molecule has 2 aliphatic rings. The third-order valence-electron chi connectivity index (χ3n) is 5.98. The van der Waals surface area contributed by atoms with Crippen molar-refractivity contribution >= 4 is 29.0 Å². The summed E-state index contributed by atoms with van der Waals surface area (Å²) in [5, 5.41) is 15.0. The molecule has 172 valence electrons. The van der Waals surface area contributed by atoms with Gasteiger partial charge < -0.3 is 14.5 Å². The molecule has 0 fully saturated rings. The second-order valence-electron chi connectivity index (χ2n) is 9.04. The molecule has 2 aromatic rings. The smallest absolute Gasteiger partial charge is 0.336 e. The Balaban J connectivity index is 1.87. The van der Waals surface area contributed by atoms with Crippen molar-refractivity contribution in [3.05, 3.63) is 73.8 Å². The fourth-order valence-electron chi connectivity index (χ4n) is 4.62. The van der Waals surface area contributed by atoms with Crippen molar-refractivity contribution in [1.82, 2.24) is 5.32 Å². The van der Waals surface area contributed by atoms with Crippen LogP contribution in [0.1, 0.15) is 45.3 Å². The van der Waals surface area contributed by atoms with E-state index in [1.807, 2.05) is 13.8 Å². The Bertz CT molecular complexity index is 1250. The Morgan fingerprint density at radius 3 is 2.67 bits per heavy atom. The van der Waals surface area contributed by atoms with Crippen LogP contribution in [-0.4, -0.2) is 23.8 Å². The van der Waals surface area contributed by atoms with Crippen LogP contribution in [0.2, 0.25) is 5.02 Å². The minimum atomic E-state index is -0.780. The van der Waals surface area contributed by atoms with Gasteiger partial charge >= 0.3 is 5.97 Å². The summed E-state index contributed by atoms with van der Waals surface area (Å²) in [5.74, 6) is -0.874. The molecule has 1 unspecified atom stereocenters. The van der Waals surface area contributed by atoms with Crippen molar-refractivity contribution in [1.29, 1.82) is 0 Å². The molecule has 0 radical (unpaired) electrons. The molecule has 9 heteroatoms. The highest BCUT2D eigenvalue weighted by atomic mass is 35.5. The lowest BCUT2D eigenvalue weighted by Crippen LogP contribution is -2.38. The molecule has 1 aromatic heterocycles. The predicted molar refractivity (Wildman–Crippen MR) is 121 cm³/mol. The van der Waals surface area contributed by atoms with Gasteiger partial charge in [0.25, 0.3) is 5.69 Å². The Morgan fingerprint density at radius 2 is 2.00 bits per heavy atom. The number of carbonyl (C=O) groups excluding carboxylic acids is 2. The Morgan fingerprint density at radius 1 is 1.27 bits per heavy atom. The minimum Gasteiger partial charge on any atom is -0.466 e. The minimum absolute atomic E-state index is 0.0805. The van der Waals surface area contributed by atoms with Gasteiger partial charge in [0.1, 0.15) is 11.5 Å². The van der Waals surface area contributed by atoms with Gasteiger partial charge in [-0.1, -0.05) is 25.4 Å².